The van der Waals surface area contributed by atoms with Crippen LogP contribution >= 0.6 is 0 Å². The molecular formula is C18H21N7. The molecule has 0 aliphatic carbocycles. The Labute approximate surface area is 146 Å². The maximum absolute atomic E-state index is 5.80. The highest BCUT2D eigenvalue weighted by Gasteiger charge is 2.25. The lowest BCUT2D eigenvalue weighted by molar-refractivity contribution is 0.473. The van der Waals surface area contributed by atoms with E-state index >= 15 is 0 Å². The average molecular weight is 335 g/mol. The Morgan fingerprint density at radius 2 is 2.08 bits per heavy atom. The molecule has 0 aromatic carbocycles. The van der Waals surface area contributed by atoms with Gasteiger partial charge in [-0.15, -0.1) is 0 Å². The van der Waals surface area contributed by atoms with E-state index in [2.05, 4.69) is 29.4 Å². The number of piperidine rings is 1. The van der Waals surface area contributed by atoms with Gasteiger partial charge in [0.05, 0.1) is 12.2 Å². The van der Waals surface area contributed by atoms with Crippen LogP contribution in [0.4, 0.5) is 11.6 Å². The maximum atomic E-state index is 5.80. The van der Waals surface area contributed by atoms with Crippen molar-refractivity contribution >= 4 is 11.6 Å². The molecule has 7 nitrogen and oxygen atoms in total. The molecule has 4 rings (SSSR count). The molecule has 3 aromatic heterocycles. The molecule has 1 unspecified atom stereocenters. The van der Waals surface area contributed by atoms with Gasteiger partial charge >= 0.3 is 0 Å². The lowest BCUT2D eigenvalue weighted by atomic mass is 9.97. The molecule has 0 saturated carbocycles. The summed E-state index contributed by atoms with van der Waals surface area (Å²) < 4.78 is 2.20. The van der Waals surface area contributed by atoms with Crippen molar-refractivity contribution in [3.05, 3.63) is 60.7 Å². The Balaban J connectivity index is 1.53. The van der Waals surface area contributed by atoms with Crippen LogP contribution in [0.1, 0.15) is 30.3 Å². The molecule has 0 spiro atoms. The quantitative estimate of drug-likeness (QED) is 0.786. The number of hydrogen-bond donors (Lipinski definition) is 1. The van der Waals surface area contributed by atoms with E-state index in [1.54, 1.807) is 0 Å². The zero-order chi connectivity index (χ0) is 17.1. The molecule has 1 atom stereocenters. The summed E-state index contributed by atoms with van der Waals surface area (Å²) in [5.41, 5.74) is 6.84. The summed E-state index contributed by atoms with van der Waals surface area (Å²) in [7, 11) is 0. The van der Waals surface area contributed by atoms with Gasteiger partial charge in [0.2, 0.25) is 0 Å². The van der Waals surface area contributed by atoms with Crippen molar-refractivity contribution in [2.45, 2.75) is 25.3 Å². The van der Waals surface area contributed by atoms with Crippen LogP contribution in [-0.4, -0.2) is 37.6 Å². The van der Waals surface area contributed by atoms with E-state index in [-0.39, 0.29) is 0 Å². The Bertz CT molecular complexity index is 830. The number of imidazole rings is 1. The van der Waals surface area contributed by atoms with Crippen molar-refractivity contribution in [1.82, 2.24) is 24.5 Å². The second kappa shape index (κ2) is 6.88. The molecule has 25 heavy (non-hydrogen) atoms. The predicted molar refractivity (Wildman–Crippen MR) is 96.2 cm³/mol. The number of nitrogen functional groups attached to an aromatic ring is 1. The number of pyridine rings is 1. The van der Waals surface area contributed by atoms with Crippen molar-refractivity contribution < 1.29 is 0 Å². The summed E-state index contributed by atoms with van der Waals surface area (Å²) in [5, 5.41) is 0. The van der Waals surface area contributed by atoms with Gasteiger partial charge in [-0.05, 0) is 25.0 Å². The zero-order valence-electron chi connectivity index (χ0n) is 14.0. The third kappa shape index (κ3) is 3.45. The van der Waals surface area contributed by atoms with E-state index in [1.807, 2.05) is 42.9 Å². The van der Waals surface area contributed by atoms with Crippen molar-refractivity contribution in [3.8, 4) is 0 Å². The van der Waals surface area contributed by atoms with E-state index in [4.69, 9.17) is 5.73 Å². The summed E-state index contributed by atoms with van der Waals surface area (Å²) in [6.07, 6.45) is 9.48. The fourth-order valence-corrected chi connectivity index (χ4v) is 3.41. The lowest BCUT2D eigenvalue weighted by Gasteiger charge is -2.33. The van der Waals surface area contributed by atoms with Gasteiger partial charge in [0.15, 0.2) is 0 Å². The fourth-order valence-electron chi connectivity index (χ4n) is 3.41. The summed E-state index contributed by atoms with van der Waals surface area (Å²) >= 11 is 0. The third-order valence-electron chi connectivity index (χ3n) is 4.59. The first-order valence-corrected chi connectivity index (χ1v) is 8.53. The first kappa shape index (κ1) is 15.6. The Morgan fingerprint density at radius 3 is 2.92 bits per heavy atom. The summed E-state index contributed by atoms with van der Waals surface area (Å²) in [4.78, 5) is 19.7. The molecule has 1 aliphatic rings. The van der Waals surface area contributed by atoms with Gasteiger partial charge in [-0.25, -0.2) is 15.0 Å². The molecule has 0 radical (unpaired) electrons. The van der Waals surface area contributed by atoms with Gasteiger partial charge in [-0.3, -0.25) is 4.98 Å². The highest BCUT2D eigenvalue weighted by atomic mass is 15.2. The molecule has 4 heterocycles. The largest absolute Gasteiger partial charge is 0.384 e. The SMILES string of the molecule is Nc1cc(N2CCCC(c3nccn3Cc3ccccn3)C2)ncn1. The Morgan fingerprint density at radius 1 is 1.12 bits per heavy atom. The van der Waals surface area contributed by atoms with Crippen LogP contribution in [0.15, 0.2) is 49.2 Å². The van der Waals surface area contributed by atoms with Crippen LogP contribution in [0.2, 0.25) is 0 Å². The van der Waals surface area contributed by atoms with Gasteiger partial charge in [-0.1, -0.05) is 6.07 Å². The predicted octanol–water partition coefficient (Wildman–Crippen LogP) is 2.08. The summed E-state index contributed by atoms with van der Waals surface area (Å²) in [6, 6.07) is 7.83. The number of hydrogen-bond acceptors (Lipinski definition) is 6. The van der Waals surface area contributed by atoms with Gasteiger partial charge in [0.1, 0.15) is 23.8 Å². The molecule has 0 bridgehead atoms. The van der Waals surface area contributed by atoms with E-state index in [0.29, 0.717) is 11.7 Å². The van der Waals surface area contributed by atoms with Crippen LogP contribution in [0, 0.1) is 0 Å². The van der Waals surface area contributed by atoms with Gasteiger partial charge in [0, 0.05) is 43.7 Å². The van der Waals surface area contributed by atoms with Crippen molar-refractivity contribution in [1.29, 1.82) is 0 Å². The van der Waals surface area contributed by atoms with Crippen LogP contribution in [0.25, 0.3) is 0 Å². The standard InChI is InChI=1S/C18H21N7/c19-16-10-17(23-13-22-16)24-8-3-4-14(11-24)18-21-7-9-25(18)12-15-5-1-2-6-20-15/h1-2,5-7,9-10,13-14H,3-4,8,11-12H2,(H2,19,22,23). The van der Waals surface area contributed by atoms with Crippen LogP contribution < -0.4 is 10.6 Å². The van der Waals surface area contributed by atoms with Crippen molar-refractivity contribution in [3.63, 3.8) is 0 Å². The first-order chi connectivity index (χ1) is 12.3. The second-order valence-corrected chi connectivity index (χ2v) is 6.32. The number of anilines is 2. The van der Waals surface area contributed by atoms with Crippen LogP contribution in [-0.2, 0) is 6.54 Å². The Kier molecular flexibility index (Phi) is 4.28. The molecule has 7 heteroatoms. The molecule has 1 saturated heterocycles. The minimum atomic E-state index is 0.364. The fraction of sp³-hybridized carbons (Fsp3) is 0.333. The molecule has 0 amide bonds. The minimum Gasteiger partial charge on any atom is -0.384 e. The first-order valence-electron chi connectivity index (χ1n) is 8.53. The molecule has 1 fully saturated rings. The van der Waals surface area contributed by atoms with E-state index in [0.717, 1.165) is 49.8 Å². The number of rotatable bonds is 4. The highest BCUT2D eigenvalue weighted by Crippen LogP contribution is 2.28. The topological polar surface area (TPSA) is 85.8 Å². The number of aromatic nitrogens is 5. The molecule has 1 aliphatic heterocycles. The summed E-state index contributed by atoms with van der Waals surface area (Å²) in [5.74, 6) is 2.87. The van der Waals surface area contributed by atoms with Crippen molar-refractivity contribution in [2.24, 2.45) is 0 Å². The smallest absolute Gasteiger partial charge is 0.134 e. The lowest BCUT2D eigenvalue weighted by Crippen LogP contribution is -2.36. The van der Waals surface area contributed by atoms with Gasteiger partial charge < -0.3 is 15.2 Å². The van der Waals surface area contributed by atoms with E-state index < -0.39 is 0 Å². The average Bonchev–Trinajstić information content (AvgIpc) is 3.11. The molecule has 2 N–H and O–H groups in total. The zero-order valence-corrected chi connectivity index (χ0v) is 14.0. The third-order valence-corrected chi connectivity index (χ3v) is 4.59. The normalized spacial score (nSPS) is 17.6. The molecular weight excluding hydrogens is 314 g/mol. The van der Waals surface area contributed by atoms with E-state index in [9.17, 15) is 0 Å². The highest BCUT2D eigenvalue weighted by molar-refractivity contribution is 5.46. The number of nitrogens with zero attached hydrogens (tertiary/aromatic N) is 6. The minimum absolute atomic E-state index is 0.364. The molecule has 3 aromatic rings. The monoisotopic (exact) mass is 335 g/mol. The van der Waals surface area contributed by atoms with Crippen LogP contribution in [0.5, 0.6) is 0 Å². The van der Waals surface area contributed by atoms with Crippen molar-refractivity contribution in [2.75, 3.05) is 23.7 Å². The van der Waals surface area contributed by atoms with Crippen LogP contribution in [0.3, 0.4) is 0 Å². The second-order valence-electron chi connectivity index (χ2n) is 6.32. The Hall–Kier alpha value is -2.96. The van der Waals surface area contributed by atoms with Gasteiger partial charge in [0.25, 0.3) is 0 Å². The molecule has 128 valence electrons. The summed E-state index contributed by atoms with van der Waals surface area (Å²) in [6.45, 7) is 2.61. The van der Waals surface area contributed by atoms with Gasteiger partial charge in [-0.2, -0.15) is 0 Å². The number of nitrogens with two attached hydrogens (primary N) is 1. The van der Waals surface area contributed by atoms with E-state index in [1.165, 1.54) is 6.33 Å². The maximum Gasteiger partial charge on any atom is 0.134 e.